The first kappa shape index (κ1) is 14.5. The van der Waals surface area contributed by atoms with Crippen molar-refractivity contribution in [3.05, 3.63) is 32.7 Å². The van der Waals surface area contributed by atoms with Gasteiger partial charge in [-0.05, 0) is 74.2 Å². The standard InChI is InChI=1S/C15H20Br2O/c1-2-10-3-5-11(6-4-10)15(18)12-7-8-13(16)14(17)9-12/h7-11,15,18H,2-6H2,1H3. The normalized spacial score (nSPS) is 26.0. The van der Waals surface area contributed by atoms with Gasteiger partial charge in [-0.25, -0.2) is 0 Å². The number of halogens is 2. The Hall–Kier alpha value is 0.140. The molecule has 1 aromatic carbocycles. The minimum absolute atomic E-state index is 0.313. The third-order valence-electron chi connectivity index (χ3n) is 4.20. The van der Waals surface area contributed by atoms with Crippen LogP contribution in [0.25, 0.3) is 0 Å². The smallest absolute Gasteiger partial charge is 0.0818 e. The Morgan fingerprint density at radius 2 is 1.83 bits per heavy atom. The summed E-state index contributed by atoms with van der Waals surface area (Å²) in [5.41, 5.74) is 1.03. The van der Waals surface area contributed by atoms with E-state index in [0.717, 1.165) is 33.3 Å². The lowest BCUT2D eigenvalue weighted by Gasteiger charge is -2.31. The molecule has 1 nitrogen and oxygen atoms in total. The lowest BCUT2D eigenvalue weighted by atomic mass is 9.77. The summed E-state index contributed by atoms with van der Waals surface area (Å²) in [6, 6.07) is 6.05. The van der Waals surface area contributed by atoms with E-state index in [1.165, 1.54) is 19.3 Å². The summed E-state index contributed by atoms with van der Waals surface area (Å²) in [6.07, 6.45) is 5.84. The molecule has 0 saturated heterocycles. The van der Waals surface area contributed by atoms with E-state index in [-0.39, 0.29) is 6.10 Å². The van der Waals surface area contributed by atoms with Gasteiger partial charge >= 0.3 is 0 Å². The molecule has 0 radical (unpaired) electrons. The molecular weight excluding hydrogens is 356 g/mol. The third-order valence-corrected chi connectivity index (χ3v) is 6.08. The lowest BCUT2D eigenvalue weighted by Crippen LogP contribution is -2.20. The van der Waals surface area contributed by atoms with Crippen molar-refractivity contribution >= 4 is 31.9 Å². The number of rotatable bonds is 3. The van der Waals surface area contributed by atoms with Crippen LogP contribution in [0.15, 0.2) is 27.1 Å². The molecule has 0 amide bonds. The topological polar surface area (TPSA) is 20.2 Å². The second-order valence-electron chi connectivity index (χ2n) is 5.31. The van der Waals surface area contributed by atoms with Gasteiger partial charge in [-0.2, -0.15) is 0 Å². The molecule has 0 aliphatic heterocycles. The average molecular weight is 376 g/mol. The van der Waals surface area contributed by atoms with Crippen LogP contribution in [0.3, 0.4) is 0 Å². The quantitative estimate of drug-likeness (QED) is 0.743. The number of hydrogen-bond donors (Lipinski definition) is 1. The van der Waals surface area contributed by atoms with Crippen LogP contribution in [0.5, 0.6) is 0 Å². The minimum atomic E-state index is -0.313. The number of hydrogen-bond acceptors (Lipinski definition) is 1. The zero-order chi connectivity index (χ0) is 13.1. The number of aliphatic hydroxyl groups is 1. The van der Waals surface area contributed by atoms with Gasteiger partial charge < -0.3 is 5.11 Å². The summed E-state index contributed by atoms with van der Waals surface area (Å²) in [7, 11) is 0. The fourth-order valence-electron chi connectivity index (χ4n) is 2.88. The summed E-state index contributed by atoms with van der Waals surface area (Å²) >= 11 is 6.96. The predicted octanol–water partition coefficient (Wildman–Crippen LogP) is 5.46. The Kier molecular flexibility index (Phi) is 5.28. The fraction of sp³-hybridized carbons (Fsp3) is 0.600. The van der Waals surface area contributed by atoms with Gasteiger partial charge in [0, 0.05) is 8.95 Å². The minimum Gasteiger partial charge on any atom is -0.388 e. The molecule has 0 bridgehead atoms. The maximum Gasteiger partial charge on any atom is 0.0818 e. The molecule has 3 heteroatoms. The van der Waals surface area contributed by atoms with E-state index in [4.69, 9.17) is 0 Å². The number of aliphatic hydroxyl groups excluding tert-OH is 1. The highest BCUT2D eigenvalue weighted by Gasteiger charge is 2.26. The average Bonchev–Trinajstić information content (AvgIpc) is 2.41. The Bertz CT molecular complexity index is 397. The van der Waals surface area contributed by atoms with Crippen LogP contribution in [0.2, 0.25) is 0 Å². The van der Waals surface area contributed by atoms with Gasteiger partial charge in [-0.15, -0.1) is 0 Å². The van der Waals surface area contributed by atoms with Crippen molar-refractivity contribution in [2.75, 3.05) is 0 Å². The van der Waals surface area contributed by atoms with Gasteiger partial charge in [0.1, 0.15) is 0 Å². The molecule has 1 N–H and O–H groups in total. The van der Waals surface area contributed by atoms with Crippen molar-refractivity contribution < 1.29 is 5.11 Å². The highest BCUT2D eigenvalue weighted by molar-refractivity contribution is 9.13. The van der Waals surface area contributed by atoms with E-state index >= 15 is 0 Å². The molecule has 1 aromatic rings. The third kappa shape index (κ3) is 3.37. The lowest BCUT2D eigenvalue weighted by molar-refractivity contribution is 0.0729. The summed E-state index contributed by atoms with van der Waals surface area (Å²) < 4.78 is 2.05. The van der Waals surface area contributed by atoms with Crippen LogP contribution in [-0.4, -0.2) is 5.11 Å². The summed E-state index contributed by atoms with van der Waals surface area (Å²) in [4.78, 5) is 0. The molecule has 0 heterocycles. The molecule has 1 saturated carbocycles. The molecule has 1 aliphatic carbocycles. The van der Waals surface area contributed by atoms with E-state index in [9.17, 15) is 5.11 Å². The molecule has 0 spiro atoms. The van der Waals surface area contributed by atoms with E-state index in [1.54, 1.807) is 0 Å². The predicted molar refractivity (Wildman–Crippen MR) is 82.5 cm³/mol. The highest BCUT2D eigenvalue weighted by Crippen LogP contribution is 2.39. The van der Waals surface area contributed by atoms with Crippen molar-refractivity contribution in [2.45, 2.75) is 45.1 Å². The van der Waals surface area contributed by atoms with Gasteiger partial charge in [0.15, 0.2) is 0 Å². The summed E-state index contributed by atoms with van der Waals surface area (Å²) in [5.74, 6) is 1.31. The van der Waals surface area contributed by atoms with Crippen molar-refractivity contribution in [3.63, 3.8) is 0 Å². The number of benzene rings is 1. The van der Waals surface area contributed by atoms with Crippen molar-refractivity contribution in [1.29, 1.82) is 0 Å². The molecule has 18 heavy (non-hydrogen) atoms. The van der Waals surface area contributed by atoms with E-state index in [2.05, 4.69) is 38.8 Å². The molecule has 1 atom stereocenters. The molecule has 2 rings (SSSR count). The molecule has 100 valence electrons. The van der Waals surface area contributed by atoms with E-state index in [1.807, 2.05) is 18.2 Å². The second-order valence-corrected chi connectivity index (χ2v) is 7.02. The van der Waals surface area contributed by atoms with Crippen LogP contribution < -0.4 is 0 Å². The van der Waals surface area contributed by atoms with Gasteiger partial charge in [-0.3, -0.25) is 0 Å². The Morgan fingerprint density at radius 3 is 2.39 bits per heavy atom. The van der Waals surface area contributed by atoms with Crippen LogP contribution in [-0.2, 0) is 0 Å². The Morgan fingerprint density at radius 1 is 1.17 bits per heavy atom. The first-order chi connectivity index (χ1) is 8.61. The molecular formula is C15H20Br2O. The molecule has 1 aliphatic rings. The van der Waals surface area contributed by atoms with Crippen LogP contribution in [0.1, 0.15) is 50.7 Å². The Balaban J connectivity index is 2.03. The maximum atomic E-state index is 10.5. The van der Waals surface area contributed by atoms with E-state index < -0.39 is 0 Å². The summed E-state index contributed by atoms with van der Waals surface area (Å²) in [5, 5.41) is 10.5. The van der Waals surface area contributed by atoms with Crippen LogP contribution in [0.4, 0.5) is 0 Å². The first-order valence-corrected chi connectivity index (χ1v) is 8.33. The van der Waals surface area contributed by atoms with Gasteiger partial charge in [0.25, 0.3) is 0 Å². The largest absolute Gasteiger partial charge is 0.388 e. The zero-order valence-electron chi connectivity index (χ0n) is 10.7. The van der Waals surface area contributed by atoms with Crippen LogP contribution in [0, 0.1) is 11.8 Å². The Labute approximate surface area is 126 Å². The summed E-state index contributed by atoms with van der Waals surface area (Å²) in [6.45, 7) is 2.27. The van der Waals surface area contributed by atoms with Crippen LogP contribution >= 0.6 is 31.9 Å². The zero-order valence-corrected chi connectivity index (χ0v) is 13.9. The van der Waals surface area contributed by atoms with E-state index in [0.29, 0.717) is 5.92 Å². The second kappa shape index (κ2) is 6.53. The molecule has 0 aromatic heterocycles. The molecule has 1 fully saturated rings. The first-order valence-electron chi connectivity index (χ1n) is 6.74. The highest BCUT2D eigenvalue weighted by atomic mass is 79.9. The van der Waals surface area contributed by atoms with Gasteiger partial charge in [0.2, 0.25) is 0 Å². The van der Waals surface area contributed by atoms with Crippen molar-refractivity contribution in [2.24, 2.45) is 11.8 Å². The molecule has 1 unspecified atom stereocenters. The fourth-order valence-corrected chi connectivity index (χ4v) is 3.52. The van der Waals surface area contributed by atoms with Gasteiger partial charge in [0.05, 0.1) is 6.10 Å². The van der Waals surface area contributed by atoms with Crippen molar-refractivity contribution in [3.8, 4) is 0 Å². The van der Waals surface area contributed by atoms with Gasteiger partial charge in [-0.1, -0.05) is 32.3 Å². The SMILES string of the molecule is CCC1CCC(C(O)c2ccc(Br)c(Br)c2)CC1. The maximum absolute atomic E-state index is 10.5. The van der Waals surface area contributed by atoms with Crippen molar-refractivity contribution in [1.82, 2.24) is 0 Å². The monoisotopic (exact) mass is 374 g/mol.